The first-order chi connectivity index (χ1) is 21.2. The molecule has 0 atom stereocenters. The van der Waals surface area contributed by atoms with Gasteiger partial charge in [-0.2, -0.15) is 0 Å². The van der Waals surface area contributed by atoms with Gasteiger partial charge in [-0.1, -0.05) is 99.5 Å². The van der Waals surface area contributed by atoms with Crippen molar-refractivity contribution in [1.29, 1.82) is 0 Å². The highest BCUT2D eigenvalue weighted by molar-refractivity contribution is 6.12. The summed E-state index contributed by atoms with van der Waals surface area (Å²) < 4.78 is 4.91. The summed E-state index contributed by atoms with van der Waals surface area (Å²) >= 11 is 0. The molecule has 6 aromatic rings. The maximum Gasteiger partial charge on any atom is 0.184 e. The van der Waals surface area contributed by atoms with Crippen LogP contribution >= 0.6 is 0 Å². The van der Waals surface area contributed by atoms with Crippen LogP contribution in [0.1, 0.15) is 58.8 Å². The molecular formula is C40H40N2O. The molecule has 0 bridgehead atoms. The lowest BCUT2D eigenvalue weighted by molar-refractivity contribution is -0.113. The number of aromatic nitrogens is 2. The molecule has 0 radical (unpaired) electrons. The molecule has 0 amide bonds. The number of hydrogen-bond donors (Lipinski definition) is 0. The fraction of sp³-hybridized carbons (Fsp3) is 0.275. The number of Topliss-reactive ketones (excluding diaryl/α,β-unsaturated/α-hetero) is 1. The van der Waals surface area contributed by atoms with Crippen LogP contribution < -0.4 is 10.7 Å². The zero-order valence-electron chi connectivity index (χ0n) is 25.4. The van der Waals surface area contributed by atoms with E-state index in [1.165, 1.54) is 54.0 Å². The van der Waals surface area contributed by atoms with Crippen LogP contribution in [-0.2, 0) is 17.9 Å². The monoisotopic (exact) mass is 564 g/mol. The van der Waals surface area contributed by atoms with E-state index in [9.17, 15) is 4.79 Å². The van der Waals surface area contributed by atoms with Crippen molar-refractivity contribution in [1.82, 2.24) is 9.13 Å². The largest absolute Gasteiger partial charge is 0.340 e. The van der Waals surface area contributed by atoms with Crippen molar-refractivity contribution in [2.45, 2.75) is 71.9 Å². The average Bonchev–Trinajstić information content (AvgIpc) is 3.51. The second kappa shape index (κ2) is 11.7. The molecule has 7 rings (SSSR count). The van der Waals surface area contributed by atoms with Gasteiger partial charge in [-0.15, -0.1) is 0 Å². The Morgan fingerprint density at radius 1 is 0.605 bits per heavy atom. The molecule has 1 saturated carbocycles. The van der Waals surface area contributed by atoms with Crippen molar-refractivity contribution in [2.24, 2.45) is 0 Å². The summed E-state index contributed by atoms with van der Waals surface area (Å²) in [5, 5.41) is 10.2. The number of aryl methyl sites for hydroxylation is 2. The van der Waals surface area contributed by atoms with Crippen molar-refractivity contribution >= 4 is 61.3 Å². The van der Waals surface area contributed by atoms with Gasteiger partial charge in [0.2, 0.25) is 0 Å². The normalized spacial score (nSPS) is 17.3. The first-order valence-corrected chi connectivity index (χ1v) is 16.1. The maximum atomic E-state index is 13.8. The van der Waals surface area contributed by atoms with Crippen LogP contribution in [0.15, 0.2) is 96.1 Å². The van der Waals surface area contributed by atoms with Crippen molar-refractivity contribution in [3.05, 3.63) is 107 Å². The number of hydrogen-bond acceptors (Lipinski definition) is 1. The Kier molecular flexibility index (Phi) is 7.49. The van der Waals surface area contributed by atoms with Gasteiger partial charge in [-0.05, 0) is 78.3 Å². The van der Waals surface area contributed by atoms with E-state index in [0.29, 0.717) is 0 Å². The number of benzene rings is 4. The molecule has 3 heteroatoms. The molecule has 0 spiro atoms. The summed E-state index contributed by atoms with van der Waals surface area (Å²) in [7, 11) is 0. The van der Waals surface area contributed by atoms with E-state index in [1.54, 1.807) is 0 Å². The van der Waals surface area contributed by atoms with Crippen molar-refractivity contribution in [2.75, 3.05) is 0 Å². The minimum absolute atomic E-state index is 0.197. The number of ketones is 1. The quantitative estimate of drug-likeness (QED) is 0.170. The van der Waals surface area contributed by atoms with Gasteiger partial charge < -0.3 is 9.13 Å². The highest BCUT2D eigenvalue weighted by Gasteiger charge is 2.20. The molecule has 0 unspecified atom stereocenters. The van der Waals surface area contributed by atoms with Crippen LogP contribution in [0.5, 0.6) is 0 Å². The molecule has 2 heterocycles. The highest BCUT2D eigenvalue weighted by Crippen LogP contribution is 2.29. The van der Waals surface area contributed by atoms with E-state index < -0.39 is 0 Å². The third-order valence-corrected chi connectivity index (χ3v) is 9.31. The predicted octanol–water partition coefficient (Wildman–Crippen LogP) is 8.81. The third kappa shape index (κ3) is 4.81. The zero-order valence-corrected chi connectivity index (χ0v) is 25.4. The fourth-order valence-electron chi connectivity index (χ4n) is 7.12. The Morgan fingerprint density at radius 2 is 1.05 bits per heavy atom. The zero-order chi connectivity index (χ0) is 29.3. The Labute approximate surface area is 253 Å². The molecule has 43 heavy (non-hydrogen) atoms. The smallest absolute Gasteiger partial charge is 0.184 e. The van der Waals surface area contributed by atoms with Gasteiger partial charge in [0, 0.05) is 56.4 Å². The Morgan fingerprint density at radius 3 is 1.49 bits per heavy atom. The minimum Gasteiger partial charge on any atom is -0.340 e. The standard InChI is InChI=1S/C40H40N2O/c1-3-5-26-41-34(32-18-8-12-28-14-10-20-36(41)38(28)32)24-22-30-16-7-17-31(40(30)43)23-25-35-33-19-9-13-29-15-11-21-37(39(29)33)42(35)27-6-4-2/h8-15,18-25H,3-7,16-17,26-27H2,1-2H3/b30-22+,31-23+,34-24+,35-25+. The second-order valence-electron chi connectivity index (χ2n) is 12.0. The van der Waals surface area contributed by atoms with Crippen molar-refractivity contribution in [3.8, 4) is 0 Å². The Bertz CT molecular complexity index is 1990. The molecule has 1 fully saturated rings. The van der Waals surface area contributed by atoms with Crippen LogP contribution in [0, 0.1) is 0 Å². The lowest BCUT2D eigenvalue weighted by Crippen LogP contribution is -2.18. The summed E-state index contributed by atoms with van der Waals surface area (Å²) in [4.78, 5) is 13.8. The van der Waals surface area contributed by atoms with Crippen LogP contribution in [0.4, 0.5) is 0 Å². The summed E-state index contributed by atoms with van der Waals surface area (Å²) in [6.45, 7) is 6.45. The molecule has 3 nitrogen and oxygen atoms in total. The first-order valence-electron chi connectivity index (χ1n) is 16.1. The van der Waals surface area contributed by atoms with Crippen LogP contribution in [0.3, 0.4) is 0 Å². The average molecular weight is 565 g/mol. The van der Waals surface area contributed by atoms with Gasteiger partial charge in [-0.25, -0.2) is 0 Å². The molecule has 4 aromatic carbocycles. The molecule has 1 aliphatic rings. The molecule has 216 valence electrons. The van der Waals surface area contributed by atoms with E-state index in [2.05, 4.69) is 120 Å². The van der Waals surface area contributed by atoms with Gasteiger partial charge in [0.05, 0.1) is 0 Å². The van der Waals surface area contributed by atoms with Gasteiger partial charge in [0.25, 0.3) is 0 Å². The lowest BCUT2D eigenvalue weighted by atomic mass is 9.88. The maximum absolute atomic E-state index is 13.8. The molecule has 2 aromatic heterocycles. The van der Waals surface area contributed by atoms with E-state index in [1.807, 2.05) is 0 Å². The summed E-state index contributed by atoms with van der Waals surface area (Å²) in [6.07, 6.45) is 15.9. The van der Waals surface area contributed by atoms with E-state index in [4.69, 9.17) is 0 Å². The van der Waals surface area contributed by atoms with Gasteiger partial charge in [-0.3, -0.25) is 4.79 Å². The molecular weight excluding hydrogens is 524 g/mol. The SMILES string of the molecule is CCCCn1/c(=C/C=C2\CCC/C(=C\C=c3/c4cccc5cccc(c54)n3CCCC)C2=O)c2cccc3cccc1c32. The van der Waals surface area contributed by atoms with Crippen molar-refractivity contribution < 1.29 is 4.79 Å². The van der Waals surface area contributed by atoms with Gasteiger partial charge in [0.15, 0.2) is 5.78 Å². The number of carbonyl (C=O) groups excluding carboxylic acids is 1. The minimum atomic E-state index is 0.197. The summed E-state index contributed by atoms with van der Waals surface area (Å²) in [5.74, 6) is 0.197. The second-order valence-corrected chi connectivity index (χ2v) is 12.0. The van der Waals surface area contributed by atoms with Crippen molar-refractivity contribution in [3.63, 3.8) is 0 Å². The Hall–Kier alpha value is -4.37. The van der Waals surface area contributed by atoms with E-state index >= 15 is 0 Å². The topological polar surface area (TPSA) is 26.9 Å². The number of unbranched alkanes of at least 4 members (excludes halogenated alkanes) is 2. The number of nitrogens with zero attached hydrogens (tertiary/aromatic N) is 2. The lowest BCUT2D eigenvalue weighted by Gasteiger charge is -2.15. The molecule has 0 N–H and O–H groups in total. The van der Waals surface area contributed by atoms with Crippen LogP contribution in [0.2, 0.25) is 0 Å². The number of carbonyl (C=O) groups is 1. The van der Waals surface area contributed by atoms with Crippen LogP contribution in [-0.4, -0.2) is 14.9 Å². The highest BCUT2D eigenvalue weighted by atomic mass is 16.1. The van der Waals surface area contributed by atoms with E-state index in [0.717, 1.165) is 69.2 Å². The van der Waals surface area contributed by atoms with Gasteiger partial charge in [0.1, 0.15) is 0 Å². The Balaban J connectivity index is 1.31. The summed E-state index contributed by atoms with van der Waals surface area (Å²) in [6, 6.07) is 26.3. The van der Waals surface area contributed by atoms with Gasteiger partial charge >= 0.3 is 0 Å². The fourth-order valence-corrected chi connectivity index (χ4v) is 7.12. The number of rotatable bonds is 8. The molecule has 0 aliphatic heterocycles. The molecule has 1 aliphatic carbocycles. The van der Waals surface area contributed by atoms with E-state index in [-0.39, 0.29) is 5.78 Å². The first kappa shape index (κ1) is 27.5. The molecule has 0 saturated heterocycles. The third-order valence-electron chi connectivity index (χ3n) is 9.31. The summed E-state index contributed by atoms with van der Waals surface area (Å²) in [5.41, 5.74) is 4.41. The van der Waals surface area contributed by atoms with Crippen LogP contribution in [0.25, 0.3) is 55.5 Å². The number of allylic oxidation sites excluding steroid dienone is 4. The predicted molar refractivity (Wildman–Crippen MR) is 183 cm³/mol.